The van der Waals surface area contributed by atoms with Crippen molar-refractivity contribution in [3.8, 4) is 11.5 Å². The van der Waals surface area contributed by atoms with E-state index in [1.807, 2.05) is 6.08 Å². The largest absolute Gasteiger partial charge is 0.493 e. The molecule has 1 fully saturated rings. The van der Waals surface area contributed by atoms with Gasteiger partial charge >= 0.3 is 5.97 Å². The second kappa shape index (κ2) is 12.6. The van der Waals surface area contributed by atoms with E-state index >= 15 is 0 Å². The number of methoxy groups -OCH3 is 1. The standard InChI is InChI=1S/C20H29NO5.ClH/c1-25-18-13-16(10-11-17(22)15-7-4-5-8-15)21-14-19(18)26-12-6-2-3-9-20(23)24;/h10-11,13-15,17,22H,2-9,12H2,1H3,(H,23,24);1H/b11-10+;. The highest BCUT2D eigenvalue weighted by atomic mass is 35.5. The molecule has 0 bridgehead atoms. The van der Waals surface area contributed by atoms with E-state index in [9.17, 15) is 9.90 Å². The van der Waals surface area contributed by atoms with Crippen LogP contribution in [0, 0.1) is 5.92 Å². The Balaban J connectivity index is 0.00000364. The van der Waals surface area contributed by atoms with Crippen molar-refractivity contribution >= 4 is 24.5 Å². The van der Waals surface area contributed by atoms with Gasteiger partial charge in [0.25, 0.3) is 0 Å². The molecule has 152 valence electrons. The lowest BCUT2D eigenvalue weighted by molar-refractivity contribution is -0.137. The van der Waals surface area contributed by atoms with E-state index < -0.39 is 12.1 Å². The van der Waals surface area contributed by atoms with Crippen LogP contribution in [0.4, 0.5) is 0 Å². The zero-order valence-electron chi connectivity index (χ0n) is 15.8. The zero-order valence-corrected chi connectivity index (χ0v) is 16.6. The third-order valence-electron chi connectivity index (χ3n) is 4.71. The van der Waals surface area contributed by atoms with E-state index in [-0.39, 0.29) is 18.8 Å². The lowest BCUT2D eigenvalue weighted by Gasteiger charge is -2.13. The highest BCUT2D eigenvalue weighted by molar-refractivity contribution is 5.85. The fraction of sp³-hybridized carbons (Fsp3) is 0.600. The van der Waals surface area contributed by atoms with E-state index in [1.165, 1.54) is 12.8 Å². The quantitative estimate of drug-likeness (QED) is 0.544. The normalized spacial score (nSPS) is 15.5. The summed E-state index contributed by atoms with van der Waals surface area (Å²) >= 11 is 0. The minimum Gasteiger partial charge on any atom is -0.493 e. The van der Waals surface area contributed by atoms with Gasteiger partial charge in [-0.2, -0.15) is 0 Å². The van der Waals surface area contributed by atoms with Crippen molar-refractivity contribution in [2.24, 2.45) is 5.92 Å². The number of aromatic nitrogens is 1. The summed E-state index contributed by atoms with van der Waals surface area (Å²) < 4.78 is 11.1. The van der Waals surface area contributed by atoms with Gasteiger partial charge in [-0.3, -0.25) is 9.78 Å². The predicted octanol–water partition coefficient (Wildman–Crippen LogP) is 4.10. The number of aliphatic hydroxyl groups is 1. The summed E-state index contributed by atoms with van der Waals surface area (Å²) in [7, 11) is 1.58. The number of ether oxygens (including phenoxy) is 2. The van der Waals surface area contributed by atoms with Gasteiger partial charge < -0.3 is 19.7 Å². The van der Waals surface area contributed by atoms with Gasteiger partial charge in [0, 0.05) is 12.5 Å². The molecule has 1 aliphatic carbocycles. The Kier molecular flexibility index (Phi) is 10.8. The molecule has 2 rings (SSSR count). The summed E-state index contributed by atoms with van der Waals surface area (Å²) in [4.78, 5) is 14.8. The number of unbranched alkanes of at least 4 members (excludes halogenated alkanes) is 2. The third kappa shape index (κ3) is 8.18. The molecule has 1 aromatic rings. The predicted molar refractivity (Wildman–Crippen MR) is 107 cm³/mol. The van der Waals surface area contributed by atoms with Gasteiger partial charge in [-0.05, 0) is 44.1 Å². The summed E-state index contributed by atoms with van der Waals surface area (Å²) in [6.07, 6.45) is 11.8. The highest BCUT2D eigenvalue weighted by Gasteiger charge is 2.20. The van der Waals surface area contributed by atoms with Crippen LogP contribution in [0.3, 0.4) is 0 Å². The van der Waals surface area contributed by atoms with Crippen LogP contribution < -0.4 is 9.47 Å². The first-order chi connectivity index (χ1) is 12.6. The molecule has 1 heterocycles. The number of aliphatic hydroxyl groups excluding tert-OH is 1. The van der Waals surface area contributed by atoms with E-state index in [0.29, 0.717) is 36.1 Å². The van der Waals surface area contributed by atoms with Crippen LogP contribution in [-0.4, -0.2) is 41.0 Å². The van der Waals surface area contributed by atoms with Gasteiger partial charge in [-0.15, -0.1) is 12.4 Å². The van der Waals surface area contributed by atoms with Crippen molar-refractivity contribution in [2.75, 3.05) is 13.7 Å². The van der Waals surface area contributed by atoms with Gasteiger partial charge in [-0.25, -0.2) is 0 Å². The molecular weight excluding hydrogens is 370 g/mol. The Morgan fingerprint density at radius 2 is 2.04 bits per heavy atom. The number of nitrogens with zero attached hydrogens (tertiary/aromatic N) is 1. The lowest BCUT2D eigenvalue weighted by atomic mass is 10.0. The zero-order chi connectivity index (χ0) is 18.8. The summed E-state index contributed by atoms with van der Waals surface area (Å²) in [5.41, 5.74) is 0.715. The molecule has 2 N–H and O–H groups in total. The van der Waals surface area contributed by atoms with E-state index in [4.69, 9.17) is 14.6 Å². The molecule has 0 aromatic carbocycles. The van der Waals surface area contributed by atoms with E-state index in [1.54, 1.807) is 25.4 Å². The number of hydrogen-bond acceptors (Lipinski definition) is 5. The number of carboxylic acids is 1. The van der Waals surface area contributed by atoms with Crippen molar-refractivity contribution in [1.29, 1.82) is 0 Å². The number of hydrogen-bond donors (Lipinski definition) is 2. The molecule has 1 unspecified atom stereocenters. The van der Waals surface area contributed by atoms with Crippen LogP contribution >= 0.6 is 12.4 Å². The number of rotatable bonds is 11. The Labute approximate surface area is 167 Å². The number of carboxylic acid groups (broad SMARTS) is 1. The highest BCUT2D eigenvalue weighted by Crippen LogP contribution is 2.29. The van der Waals surface area contributed by atoms with Crippen LogP contribution in [0.15, 0.2) is 18.3 Å². The van der Waals surface area contributed by atoms with Gasteiger partial charge in [0.05, 0.1) is 31.7 Å². The molecule has 6 nitrogen and oxygen atoms in total. The van der Waals surface area contributed by atoms with E-state index in [0.717, 1.165) is 25.7 Å². The Morgan fingerprint density at radius 1 is 1.30 bits per heavy atom. The maximum Gasteiger partial charge on any atom is 0.303 e. The van der Waals surface area contributed by atoms with Gasteiger partial charge in [0.1, 0.15) is 0 Å². The van der Waals surface area contributed by atoms with Crippen molar-refractivity contribution in [1.82, 2.24) is 4.98 Å². The Morgan fingerprint density at radius 3 is 2.70 bits per heavy atom. The Bertz CT molecular complexity index is 602. The van der Waals surface area contributed by atoms with Crippen molar-refractivity contribution in [2.45, 2.75) is 57.5 Å². The molecule has 1 saturated carbocycles. The van der Waals surface area contributed by atoms with Gasteiger partial charge in [0.2, 0.25) is 0 Å². The van der Waals surface area contributed by atoms with Gasteiger partial charge in [-0.1, -0.05) is 18.9 Å². The average Bonchev–Trinajstić information content (AvgIpc) is 3.17. The van der Waals surface area contributed by atoms with Crippen LogP contribution in [0.1, 0.15) is 57.1 Å². The van der Waals surface area contributed by atoms with Crippen molar-refractivity contribution in [3.05, 3.63) is 24.0 Å². The molecule has 7 heteroatoms. The van der Waals surface area contributed by atoms with Gasteiger partial charge in [0.15, 0.2) is 11.5 Å². The lowest BCUT2D eigenvalue weighted by Crippen LogP contribution is -2.14. The number of carbonyl (C=O) groups is 1. The van der Waals surface area contributed by atoms with Crippen LogP contribution in [0.25, 0.3) is 6.08 Å². The monoisotopic (exact) mass is 399 g/mol. The summed E-state index contributed by atoms with van der Waals surface area (Å²) in [5, 5.41) is 18.8. The molecule has 1 atom stereocenters. The second-order valence-corrected chi connectivity index (χ2v) is 6.71. The maximum absolute atomic E-state index is 10.5. The minimum atomic E-state index is -0.765. The molecule has 0 spiro atoms. The molecular formula is C20H30ClNO5. The number of halogens is 1. The Hall–Kier alpha value is -1.79. The van der Waals surface area contributed by atoms with Crippen LogP contribution in [-0.2, 0) is 4.79 Å². The minimum absolute atomic E-state index is 0. The number of aliphatic carboxylic acids is 1. The van der Waals surface area contributed by atoms with Crippen molar-refractivity contribution in [3.63, 3.8) is 0 Å². The van der Waals surface area contributed by atoms with E-state index in [2.05, 4.69) is 4.98 Å². The molecule has 27 heavy (non-hydrogen) atoms. The summed E-state index contributed by atoms with van der Waals surface area (Å²) in [6.45, 7) is 0.493. The van der Waals surface area contributed by atoms with Crippen LogP contribution in [0.5, 0.6) is 11.5 Å². The first-order valence-electron chi connectivity index (χ1n) is 9.35. The first kappa shape index (κ1) is 23.2. The first-order valence-corrected chi connectivity index (χ1v) is 9.35. The number of pyridine rings is 1. The maximum atomic E-state index is 10.5. The van der Waals surface area contributed by atoms with Crippen molar-refractivity contribution < 1.29 is 24.5 Å². The molecule has 1 aromatic heterocycles. The molecule has 0 saturated heterocycles. The third-order valence-corrected chi connectivity index (χ3v) is 4.71. The molecule has 1 aliphatic rings. The summed E-state index contributed by atoms with van der Waals surface area (Å²) in [6, 6.07) is 1.79. The fourth-order valence-electron chi connectivity index (χ4n) is 3.19. The molecule has 0 amide bonds. The second-order valence-electron chi connectivity index (χ2n) is 6.71. The topological polar surface area (TPSA) is 88.9 Å². The average molecular weight is 400 g/mol. The SMILES string of the molecule is COc1cc(/C=C/C(O)C2CCCC2)ncc1OCCCCCC(=O)O.Cl. The molecule has 0 radical (unpaired) electrons. The molecule has 0 aliphatic heterocycles. The summed E-state index contributed by atoms with van der Waals surface area (Å²) in [5.74, 6) is 0.759. The fourth-order valence-corrected chi connectivity index (χ4v) is 3.19. The smallest absolute Gasteiger partial charge is 0.303 e. The van der Waals surface area contributed by atoms with Crippen LogP contribution in [0.2, 0.25) is 0 Å².